The lowest BCUT2D eigenvalue weighted by Gasteiger charge is -2.21. The van der Waals surface area contributed by atoms with Crippen LogP contribution in [0.4, 0.5) is 0 Å². The molecule has 1 heterocycles. The summed E-state index contributed by atoms with van der Waals surface area (Å²) in [5.41, 5.74) is 3.90. The van der Waals surface area contributed by atoms with Crippen LogP contribution in [0.2, 0.25) is 0 Å². The monoisotopic (exact) mass is 313 g/mol. The van der Waals surface area contributed by atoms with Crippen molar-refractivity contribution in [3.63, 3.8) is 0 Å². The van der Waals surface area contributed by atoms with Crippen LogP contribution < -0.4 is 5.32 Å². The van der Waals surface area contributed by atoms with E-state index in [1.165, 1.54) is 16.7 Å². The summed E-state index contributed by atoms with van der Waals surface area (Å²) in [6, 6.07) is 8.84. The molecule has 0 saturated carbocycles. The number of nitrogens with zero attached hydrogens (tertiary/aromatic N) is 4. The van der Waals surface area contributed by atoms with Crippen LogP contribution in [-0.4, -0.2) is 41.3 Å². The molecule has 124 valence electrons. The fourth-order valence-electron chi connectivity index (χ4n) is 2.55. The Morgan fingerprint density at radius 2 is 1.91 bits per heavy atom. The predicted octanol–water partition coefficient (Wildman–Crippen LogP) is 2.23. The molecule has 2 rings (SSSR count). The van der Waals surface area contributed by atoms with Crippen LogP contribution in [0.5, 0.6) is 0 Å². The second-order valence-corrected chi connectivity index (χ2v) is 5.77. The van der Waals surface area contributed by atoms with Gasteiger partial charge in [-0.2, -0.15) is 5.10 Å². The van der Waals surface area contributed by atoms with Gasteiger partial charge in [-0.3, -0.25) is 9.67 Å². The summed E-state index contributed by atoms with van der Waals surface area (Å²) >= 11 is 0. The lowest BCUT2D eigenvalue weighted by Crippen LogP contribution is -2.39. The predicted molar refractivity (Wildman–Crippen MR) is 95.6 cm³/mol. The molecule has 0 atom stereocenters. The summed E-state index contributed by atoms with van der Waals surface area (Å²) in [5.74, 6) is 0.902. The van der Waals surface area contributed by atoms with Gasteiger partial charge in [0.05, 0.1) is 6.20 Å². The zero-order valence-electron chi connectivity index (χ0n) is 14.6. The van der Waals surface area contributed by atoms with E-state index in [4.69, 9.17) is 0 Å². The third-order valence-corrected chi connectivity index (χ3v) is 3.88. The van der Waals surface area contributed by atoms with Crippen molar-refractivity contribution in [2.75, 3.05) is 20.6 Å². The van der Waals surface area contributed by atoms with Gasteiger partial charge in [0.1, 0.15) is 0 Å². The first kappa shape index (κ1) is 17.1. The molecule has 0 aliphatic rings. The van der Waals surface area contributed by atoms with Crippen LogP contribution in [0.3, 0.4) is 0 Å². The number of nitrogens with one attached hydrogen (secondary N) is 1. The Morgan fingerprint density at radius 3 is 2.48 bits per heavy atom. The first-order valence-electron chi connectivity index (χ1n) is 8.09. The van der Waals surface area contributed by atoms with E-state index in [1.54, 1.807) is 0 Å². The van der Waals surface area contributed by atoms with Crippen LogP contribution in [0.1, 0.15) is 23.6 Å². The van der Waals surface area contributed by atoms with Gasteiger partial charge in [-0.15, -0.1) is 0 Å². The van der Waals surface area contributed by atoms with E-state index in [0.29, 0.717) is 0 Å². The van der Waals surface area contributed by atoms with E-state index >= 15 is 0 Å². The van der Waals surface area contributed by atoms with E-state index in [2.05, 4.69) is 51.5 Å². The number of benzene rings is 1. The van der Waals surface area contributed by atoms with E-state index in [0.717, 1.165) is 31.9 Å². The molecule has 1 aromatic carbocycles. The third-order valence-electron chi connectivity index (χ3n) is 3.88. The highest BCUT2D eigenvalue weighted by Crippen LogP contribution is 2.06. The summed E-state index contributed by atoms with van der Waals surface area (Å²) in [6.07, 6.45) is 5.99. The molecular weight excluding hydrogens is 286 g/mol. The van der Waals surface area contributed by atoms with Crippen LogP contribution in [0, 0.1) is 0 Å². The Hall–Kier alpha value is -2.30. The maximum absolute atomic E-state index is 4.35. The quantitative estimate of drug-likeness (QED) is 0.657. The van der Waals surface area contributed by atoms with Crippen molar-refractivity contribution in [1.82, 2.24) is 20.0 Å². The van der Waals surface area contributed by atoms with Crippen LogP contribution in [-0.2, 0) is 26.4 Å². The summed E-state index contributed by atoms with van der Waals surface area (Å²) in [7, 11) is 5.79. The van der Waals surface area contributed by atoms with Gasteiger partial charge in [-0.25, -0.2) is 0 Å². The Kier molecular flexibility index (Phi) is 6.20. The highest BCUT2D eigenvalue weighted by Gasteiger charge is 2.07. The van der Waals surface area contributed by atoms with Crippen molar-refractivity contribution in [3.05, 3.63) is 53.3 Å². The van der Waals surface area contributed by atoms with Crippen molar-refractivity contribution in [2.45, 2.75) is 26.3 Å². The first-order valence-corrected chi connectivity index (χ1v) is 8.09. The zero-order valence-corrected chi connectivity index (χ0v) is 14.6. The summed E-state index contributed by atoms with van der Waals surface area (Å²) < 4.78 is 1.82. The van der Waals surface area contributed by atoms with Gasteiger partial charge in [0.2, 0.25) is 0 Å². The molecule has 5 nitrogen and oxygen atoms in total. The first-order chi connectivity index (χ1) is 11.1. The number of aliphatic imine (C=N–C) groups is 1. The summed E-state index contributed by atoms with van der Waals surface area (Å²) in [4.78, 5) is 6.46. The summed E-state index contributed by atoms with van der Waals surface area (Å²) in [5, 5.41) is 7.62. The molecule has 23 heavy (non-hydrogen) atoms. The van der Waals surface area contributed by atoms with Gasteiger partial charge in [-0.1, -0.05) is 31.2 Å². The third kappa shape index (κ3) is 5.13. The number of hydrogen-bond acceptors (Lipinski definition) is 2. The fourth-order valence-corrected chi connectivity index (χ4v) is 2.55. The standard InChI is InChI=1S/C18H27N5/c1-5-15-6-8-16(9-7-15)10-11-20-18(19-2)22(3)13-17-12-21-23(4)14-17/h6-9,12,14H,5,10-11,13H2,1-4H3,(H,19,20). The Labute approximate surface area is 139 Å². The minimum atomic E-state index is 0.790. The van der Waals surface area contributed by atoms with E-state index in [1.807, 2.05) is 38.2 Å². The highest BCUT2D eigenvalue weighted by molar-refractivity contribution is 5.79. The van der Waals surface area contributed by atoms with Crippen molar-refractivity contribution < 1.29 is 0 Å². The largest absolute Gasteiger partial charge is 0.356 e. The maximum atomic E-state index is 4.35. The molecular formula is C18H27N5. The average Bonchev–Trinajstić information content (AvgIpc) is 2.97. The van der Waals surface area contributed by atoms with Crippen LogP contribution in [0.25, 0.3) is 0 Å². The maximum Gasteiger partial charge on any atom is 0.193 e. The minimum Gasteiger partial charge on any atom is -0.356 e. The van der Waals surface area contributed by atoms with E-state index in [9.17, 15) is 0 Å². The van der Waals surface area contributed by atoms with Gasteiger partial charge in [0.15, 0.2) is 5.96 Å². The molecule has 0 amide bonds. The fraction of sp³-hybridized carbons (Fsp3) is 0.444. The molecule has 2 aromatic rings. The topological polar surface area (TPSA) is 45.5 Å². The lowest BCUT2D eigenvalue weighted by molar-refractivity contribution is 0.477. The Morgan fingerprint density at radius 1 is 1.22 bits per heavy atom. The normalized spacial score (nSPS) is 11.6. The number of aryl methyl sites for hydroxylation is 2. The molecule has 0 bridgehead atoms. The Balaban J connectivity index is 1.81. The molecule has 0 fully saturated rings. The number of hydrogen-bond donors (Lipinski definition) is 1. The zero-order chi connectivity index (χ0) is 16.7. The van der Waals surface area contributed by atoms with Crippen LogP contribution in [0.15, 0.2) is 41.7 Å². The molecule has 0 aliphatic heterocycles. The molecule has 5 heteroatoms. The molecule has 1 N–H and O–H groups in total. The highest BCUT2D eigenvalue weighted by atomic mass is 15.3. The molecule has 0 saturated heterocycles. The van der Waals surface area contributed by atoms with Crippen molar-refractivity contribution >= 4 is 5.96 Å². The average molecular weight is 313 g/mol. The molecule has 0 radical (unpaired) electrons. The molecule has 1 aromatic heterocycles. The van der Waals surface area contributed by atoms with Crippen LogP contribution >= 0.6 is 0 Å². The van der Waals surface area contributed by atoms with Crippen molar-refractivity contribution in [3.8, 4) is 0 Å². The van der Waals surface area contributed by atoms with Crippen molar-refractivity contribution in [2.24, 2.45) is 12.0 Å². The van der Waals surface area contributed by atoms with Gasteiger partial charge < -0.3 is 10.2 Å². The van der Waals surface area contributed by atoms with Gasteiger partial charge in [-0.05, 0) is 24.0 Å². The molecule has 0 aliphatic carbocycles. The van der Waals surface area contributed by atoms with E-state index in [-0.39, 0.29) is 0 Å². The number of aromatic nitrogens is 2. The van der Waals surface area contributed by atoms with E-state index < -0.39 is 0 Å². The second kappa shape index (κ2) is 8.36. The smallest absolute Gasteiger partial charge is 0.193 e. The molecule has 0 spiro atoms. The Bertz CT molecular complexity index is 627. The van der Waals surface area contributed by atoms with Crippen molar-refractivity contribution in [1.29, 1.82) is 0 Å². The number of rotatable bonds is 6. The van der Waals surface area contributed by atoms with Gasteiger partial charge >= 0.3 is 0 Å². The molecule has 0 unspecified atom stereocenters. The summed E-state index contributed by atoms with van der Waals surface area (Å²) in [6.45, 7) is 3.84. The SMILES string of the molecule is CCc1ccc(CCNC(=NC)N(C)Cc2cnn(C)c2)cc1. The van der Waals surface area contributed by atoms with Gasteiger partial charge in [0.25, 0.3) is 0 Å². The number of guanidine groups is 1. The lowest BCUT2D eigenvalue weighted by atomic mass is 10.1. The van der Waals surface area contributed by atoms with Gasteiger partial charge in [0, 0.05) is 46.0 Å². The second-order valence-electron chi connectivity index (χ2n) is 5.77. The minimum absolute atomic E-state index is 0.790.